The molecule has 0 bridgehead atoms. The number of hydrogen-bond donors (Lipinski definition) is 3. The molecule has 4 amide bonds. The molecule has 1 unspecified atom stereocenters. The monoisotopic (exact) mass is 277 g/mol. The molecule has 2 rings (SSSR count). The van der Waals surface area contributed by atoms with Crippen LogP contribution in [0.3, 0.4) is 0 Å². The largest absolute Gasteiger partial charge is 0.496 e. The smallest absolute Gasteiger partial charge is 0.322 e. The Morgan fingerprint density at radius 2 is 2.10 bits per heavy atom. The molecule has 1 atom stereocenters. The molecule has 1 fully saturated rings. The van der Waals surface area contributed by atoms with Crippen LogP contribution in [0.25, 0.3) is 0 Å². The van der Waals surface area contributed by atoms with Gasteiger partial charge in [0.15, 0.2) is 0 Å². The lowest BCUT2D eigenvalue weighted by Crippen LogP contribution is -2.36. The topological polar surface area (TPSA) is 96.5 Å². The van der Waals surface area contributed by atoms with E-state index in [4.69, 9.17) is 4.74 Å². The van der Waals surface area contributed by atoms with Gasteiger partial charge in [-0.2, -0.15) is 0 Å². The van der Waals surface area contributed by atoms with E-state index in [0.717, 1.165) is 5.56 Å². The van der Waals surface area contributed by atoms with Gasteiger partial charge in [0.2, 0.25) is 5.91 Å². The number of hydrogen-bond acceptors (Lipinski definition) is 4. The highest BCUT2D eigenvalue weighted by Gasteiger charge is 2.31. The first-order valence-corrected chi connectivity index (χ1v) is 6.10. The van der Waals surface area contributed by atoms with Crippen molar-refractivity contribution in [2.75, 3.05) is 7.11 Å². The number of urea groups is 1. The Hall–Kier alpha value is -2.57. The Morgan fingerprint density at radius 1 is 1.35 bits per heavy atom. The maximum absolute atomic E-state index is 11.7. The van der Waals surface area contributed by atoms with E-state index in [-0.39, 0.29) is 12.3 Å². The Kier molecular flexibility index (Phi) is 4.19. The van der Waals surface area contributed by atoms with Gasteiger partial charge in [-0.3, -0.25) is 14.9 Å². The summed E-state index contributed by atoms with van der Waals surface area (Å²) >= 11 is 0. The first kappa shape index (κ1) is 13.9. The Labute approximate surface area is 115 Å². The molecule has 0 saturated carbocycles. The summed E-state index contributed by atoms with van der Waals surface area (Å²) in [7, 11) is 1.55. The minimum atomic E-state index is -0.805. The minimum Gasteiger partial charge on any atom is -0.496 e. The number of carbonyl (C=O) groups is 3. The fourth-order valence-corrected chi connectivity index (χ4v) is 1.90. The third kappa shape index (κ3) is 3.25. The predicted octanol–water partition coefficient (Wildman–Crippen LogP) is -0.0905. The molecule has 0 spiro atoms. The van der Waals surface area contributed by atoms with Crippen LogP contribution in [0, 0.1) is 0 Å². The van der Waals surface area contributed by atoms with Crippen LogP contribution in [-0.4, -0.2) is 31.0 Å². The van der Waals surface area contributed by atoms with Gasteiger partial charge in [-0.25, -0.2) is 4.79 Å². The van der Waals surface area contributed by atoms with Crippen LogP contribution >= 0.6 is 0 Å². The molecule has 0 aromatic heterocycles. The maximum Gasteiger partial charge on any atom is 0.322 e. The van der Waals surface area contributed by atoms with Gasteiger partial charge in [0.1, 0.15) is 11.8 Å². The molecule has 0 aliphatic carbocycles. The van der Waals surface area contributed by atoms with Crippen molar-refractivity contribution in [1.82, 2.24) is 16.0 Å². The number of nitrogens with one attached hydrogen (secondary N) is 3. The van der Waals surface area contributed by atoms with Crippen molar-refractivity contribution in [3.05, 3.63) is 29.8 Å². The first-order valence-electron chi connectivity index (χ1n) is 6.10. The van der Waals surface area contributed by atoms with Gasteiger partial charge < -0.3 is 15.4 Å². The molecule has 1 saturated heterocycles. The summed E-state index contributed by atoms with van der Waals surface area (Å²) < 4.78 is 5.17. The molecular formula is C13H15N3O4. The summed E-state index contributed by atoms with van der Waals surface area (Å²) in [5, 5.41) is 7.13. The van der Waals surface area contributed by atoms with Crippen LogP contribution in [0.5, 0.6) is 5.75 Å². The molecule has 1 aliphatic rings. The van der Waals surface area contributed by atoms with Crippen molar-refractivity contribution in [3.63, 3.8) is 0 Å². The SMILES string of the molecule is COc1ccccc1CNC(=O)CC1NC(=O)NC1=O. The maximum atomic E-state index is 11.7. The number of para-hydroxylation sites is 1. The van der Waals surface area contributed by atoms with Crippen LogP contribution in [0.4, 0.5) is 4.79 Å². The summed E-state index contributed by atoms with van der Waals surface area (Å²) in [5.74, 6) is -0.125. The van der Waals surface area contributed by atoms with Gasteiger partial charge in [0.05, 0.1) is 13.5 Å². The molecule has 3 N–H and O–H groups in total. The second kappa shape index (κ2) is 6.05. The number of ether oxygens (including phenoxy) is 1. The van der Waals surface area contributed by atoms with E-state index in [1.54, 1.807) is 13.2 Å². The summed E-state index contributed by atoms with van der Waals surface area (Å²) in [6, 6.07) is 5.93. The summed E-state index contributed by atoms with van der Waals surface area (Å²) in [5.41, 5.74) is 0.836. The Bertz CT molecular complexity index is 544. The second-order valence-electron chi connectivity index (χ2n) is 4.31. The van der Waals surface area contributed by atoms with E-state index in [9.17, 15) is 14.4 Å². The fourth-order valence-electron chi connectivity index (χ4n) is 1.90. The van der Waals surface area contributed by atoms with Gasteiger partial charge in [0, 0.05) is 12.1 Å². The zero-order chi connectivity index (χ0) is 14.5. The van der Waals surface area contributed by atoms with E-state index in [1.165, 1.54) is 0 Å². The molecule has 1 aliphatic heterocycles. The predicted molar refractivity (Wildman–Crippen MR) is 69.9 cm³/mol. The third-order valence-corrected chi connectivity index (χ3v) is 2.92. The lowest BCUT2D eigenvalue weighted by atomic mass is 10.1. The van der Waals surface area contributed by atoms with Crippen LogP contribution in [-0.2, 0) is 16.1 Å². The van der Waals surface area contributed by atoms with Crippen molar-refractivity contribution in [1.29, 1.82) is 0 Å². The quantitative estimate of drug-likeness (QED) is 0.655. The summed E-state index contributed by atoms with van der Waals surface area (Å²) in [6.07, 6.45) is -0.0906. The number of imide groups is 1. The van der Waals surface area contributed by atoms with Crippen LogP contribution < -0.4 is 20.7 Å². The highest BCUT2D eigenvalue weighted by atomic mass is 16.5. The van der Waals surface area contributed by atoms with Crippen LogP contribution in [0.1, 0.15) is 12.0 Å². The molecule has 7 nitrogen and oxygen atoms in total. The molecule has 0 radical (unpaired) electrons. The zero-order valence-corrected chi connectivity index (χ0v) is 10.9. The van der Waals surface area contributed by atoms with Crippen LogP contribution in [0.2, 0.25) is 0 Å². The van der Waals surface area contributed by atoms with Gasteiger partial charge in [-0.05, 0) is 6.07 Å². The molecule has 106 valence electrons. The fraction of sp³-hybridized carbons (Fsp3) is 0.308. The Balaban J connectivity index is 1.86. The van der Waals surface area contributed by atoms with Crippen molar-refractivity contribution < 1.29 is 19.1 Å². The van der Waals surface area contributed by atoms with Crippen molar-refractivity contribution in [3.8, 4) is 5.75 Å². The number of methoxy groups -OCH3 is 1. The Morgan fingerprint density at radius 3 is 2.75 bits per heavy atom. The second-order valence-corrected chi connectivity index (χ2v) is 4.31. The van der Waals surface area contributed by atoms with E-state index >= 15 is 0 Å². The minimum absolute atomic E-state index is 0.0906. The normalized spacial score (nSPS) is 17.4. The zero-order valence-electron chi connectivity index (χ0n) is 10.9. The highest BCUT2D eigenvalue weighted by Crippen LogP contribution is 2.16. The van der Waals surface area contributed by atoms with Crippen molar-refractivity contribution in [2.24, 2.45) is 0 Å². The van der Waals surface area contributed by atoms with E-state index in [1.807, 2.05) is 18.2 Å². The number of rotatable bonds is 5. The average Bonchev–Trinajstić information content (AvgIpc) is 2.75. The molecule has 7 heteroatoms. The van der Waals surface area contributed by atoms with Gasteiger partial charge in [-0.15, -0.1) is 0 Å². The van der Waals surface area contributed by atoms with E-state index < -0.39 is 18.0 Å². The highest BCUT2D eigenvalue weighted by molar-refractivity contribution is 6.05. The van der Waals surface area contributed by atoms with E-state index in [2.05, 4.69) is 16.0 Å². The molecule has 1 heterocycles. The summed E-state index contributed by atoms with van der Waals surface area (Å²) in [4.78, 5) is 34.0. The molecule has 20 heavy (non-hydrogen) atoms. The number of benzene rings is 1. The standard InChI is InChI=1S/C13H15N3O4/c1-20-10-5-3-2-4-8(10)7-14-11(17)6-9-12(18)16-13(19)15-9/h2-5,9H,6-7H2,1H3,(H,14,17)(H2,15,16,18,19). The lowest BCUT2D eigenvalue weighted by molar-refractivity contribution is -0.126. The summed E-state index contributed by atoms with van der Waals surface area (Å²) in [6.45, 7) is 0.297. The number of carbonyl (C=O) groups excluding carboxylic acids is 3. The molecular weight excluding hydrogens is 262 g/mol. The average molecular weight is 277 g/mol. The molecule has 1 aromatic carbocycles. The third-order valence-electron chi connectivity index (χ3n) is 2.92. The number of amides is 4. The first-order chi connectivity index (χ1) is 9.60. The van der Waals surface area contributed by atoms with E-state index in [0.29, 0.717) is 12.3 Å². The molecule has 1 aromatic rings. The van der Waals surface area contributed by atoms with Gasteiger partial charge in [0.25, 0.3) is 5.91 Å². The van der Waals surface area contributed by atoms with Gasteiger partial charge >= 0.3 is 6.03 Å². The van der Waals surface area contributed by atoms with Crippen LogP contribution in [0.15, 0.2) is 24.3 Å². The van der Waals surface area contributed by atoms with Crippen molar-refractivity contribution >= 4 is 17.8 Å². The van der Waals surface area contributed by atoms with Crippen molar-refractivity contribution in [2.45, 2.75) is 19.0 Å². The van der Waals surface area contributed by atoms with Gasteiger partial charge in [-0.1, -0.05) is 18.2 Å². The lowest BCUT2D eigenvalue weighted by Gasteiger charge is -2.11.